The Kier molecular flexibility index (Phi) is 5.25. The first-order valence-electron chi connectivity index (χ1n) is 8.80. The van der Waals surface area contributed by atoms with E-state index in [0.717, 1.165) is 5.56 Å². The van der Waals surface area contributed by atoms with Crippen molar-refractivity contribution in [2.24, 2.45) is 5.92 Å². The SMILES string of the molecule is Cc1ccc(N)cc1NC(=O)C1CCN(S(=O)(=O)c2c(C)noc2C)CC1. The molecular formula is C18H24N4O4S. The second-order valence-electron chi connectivity index (χ2n) is 6.90. The van der Waals surface area contributed by atoms with Gasteiger partial charge in [-0.1, -0.05) is 11.2 Å². The first-order chi connectivity index (χ1) is 12.7. The Morgan fingerprint density at radius 2 is 1.93 bits per heavy atom. The maximum Gasteiger partial charge on any atom is 0.248 e. The van der Waals surface area contributed by atoms with Crippen molar-refractivity contribution in [2.45, 2.75) is 38.5 Å². The fourth-order valence-electron chi connectivity index (χ4n) is 3.34. The van der Waals surface area contributed by atoms with Gasteiger partial charge in [-0.15, -0.1) is 0 Å². The van der Waals surface area contributed by atoms with E-state index in [2.05, 4.69) is 10.5 Å². The van der Waals surface area contributed by atoms with Gasteiger partial charge in [-0.05, 0) is 51.3 Å². The van der Waals surface area contributed by atoms with E-state index in [1.807, 2.05) is 13.0 Å². The summed E-state index contributed by atoms with van der Waals surface area (Å²) in [6.45, 7) is 5.65. The zero-order valence-electron chi connectivity index (χ0n) is 15.7. The van der Waals surface area contributed by atoms with Crippen LogP contribution in [0.5, 0.6) is 0 Å². The van der Waals surface area contributed by atoms with Crippen molar-refractivity contribution < 1.29 is 17.7 Å². The van der Waals surface area contributed by atoms with Crippen molar-refractivity contribution >= 4 is 27.3 Å². The minimum atomic E-state index is -3.67. The molecule has 0 spiro atoms. The van der Waals surface area contributed by atoms with Gasteiger partial charge in [0.2, 0.25) is 15.9 Å². The van der Waals surface area contributed by atoms with Gasteiger partial charge in [0.25, 0.3) is 0 Å². The molecule has 1 fully saturated rings. The van der Waals surface area contributed by atoms with Gasteiger partial charge in [0.05, 0.1) is 0 Å². The summed E-state index contributed by atoms with van der Waals surface area (Å²) in [5, 5.41) is 6.64. The molecule has 3 rings (SSSR count). The van der Waals surface area contributed by atoms with Gasteiger partial charge in [0.1, 0.15) is 10.6 Å². The molecule has 0 bridgehead atoms. The summed E-state index contributed by atoms with van der Waals surface area (Å²) in [5.74, 6) is -0.0791. The molecule has 3 N–H and O–H groups in total. The number of amides is 1. The molecule has 1 aliphatic rings. The topological polar surface area (TPSA) is 119 Å². The number of sulfonamides is 1. The number of hydrogen-bond acceptors (Lipinski definition) is 6. The zero-order valence-corrected chi connectivity index (χ0v) is 16.5. The lowest BCUT2D eigenvalue weighted by Crippen LogP contribution is -2.41. The molecule has 1 amide bonds. The first-order valence-corrected chi connectivity index (χ1v) is 10.2. The molecule has 146 valence electrons. The lowest BCUT2D eigenvalue weighted by molar-refractivity contribution is -0.120. The number of aryl methyl sites for hydroxylation is 3. The molecule has 27 heavy (non-hydrogen) atoms. The van der Waals surface area contributed by atoms with Crippen LogP contribution in [0.3, 0.4) is 0 Å². The lowest BCUT2D eigenvalue weighted by atomic mass is 9.97. The third kappa shape index (κ3) is 3.84. The molecule has 9 heteroatoms. The molecule has 8 nitrogen and oxygen atoms in total. The Bertz CT molecular complexity index is 940. The number of nitrogens with zero attached hydrogens (tertiary/aromatic N) is 2. The minimum Gasteiger partial charge on any atom is -0.399 e. The van der Waals surface area contributed by atoms with E-state index in [9.17, 15) is 13.2 Å². The van der Waals surface area contributed by atoms with E-state index in [1.54, 1.807) is 26.0 Å². The van der Waals surface area contributed by atoms with Gasteiger partial charge < -0.3 is 15.6 Å². The summed E-state index contributed by atoms with van der Waals surface area (Å²) in [5.41, 5.74) is 8.33. The van der Waals surface area contributed by atoms with Crippen LogP contribution >= 0.6 is 0 Å². The van der Waals surface area contributed by atoms with Crippen molar-refractivity contribution in [3.8, 4) is 0 Å². The fourth-order valence-corrected chi connectivity index (χ4v) is 5.10. The Balaban J connectivity index is 1.66. The predicted molar refractivity (Wildman–Crippen MR) is 102 cm³/mol. The highest BCUT2D eigenvalue weighted by Crippen LogP contribution is 2.28. The van der Waals surface area contributed by atoms with Crippen molar-refractivity contribution in [1.29, 1.82) is 0 Å². The summed E-state index contributed by atoms with van der Waals surface area (Å²) < 4.78 is 32.1. The Morgan fingerprint density at radius 3 is 2.52 bits per heavy atom. The number of aromatic nitrogens is 1. The molecule has 1 aromatic heterocycles. The number of nitrogens with one attached hydrogen (secondary N) is 1. The van der Waals surface area contributed by atoms with Crippen LogP contribution in [0.15, 0.2) is 27.6 Å². The van der Waals surface area contributed by atoms with Crippen LogP contribution in [0.25, 0.3) is 0 Å². The van der Waals surface area contributed by atoms with Crippen LogP contribution in [0, 0.1) is 26.7 Å². The van der Waals surface area contributed by atoms with E-state index in [4.69, 9.17) is 10.3 Å². The molecule has 2 heterocycles. The van der Waals surface area contributed by atoms with E-state index >= 15 is 0 Å². The van der Waals surface area contributed by atoms with E-state index < -0.39 is 10.0 Å². The van der Waals surface area contributed by atoms with Crippen LogP contribution in [0.4, 0.5) is 11.4 Å². The molecule has 0 aliphatic carbocycles. The Morgan fingerprint density at radius 1 is 1.26 bits per heavy atom. The number of anilines is 2. The molecule has 0 unspecified atom stereocenters. The third-order valence-electron chi connectivity index (χ3n) is 4.91. The molecule has 1 aromatic carbocycles. The number of rotatable bonds is 4. The number of carbonyl (C=O) groups excluding carboxylic acids is 1. The molecule has 0 atom stereocenters. The lowest BCUT2D eigenvalue weighted by Gasteiger charge is -2.30. The summed E-state index contributed by atoms with van der Waals surface area (Å²) in [6, 6.07) is 5.36. The summed E-state index contributed by atoms with van der Waals surface area (Å²) in [6.07, 6.45) is 0.908. The monoisotopic (exact) mass is 392 g/mol. The molecule has 0 radical (unpaired) electrons. The van der Waals surface area contributed by atoms with Gasteiger partial charge >= 0.3 is 0 Å². The number of nitrogen functional groups attached to an aromatic ring is 1. The molecular weight excluding hydrogens is 368 g/mol. The summed E-state index contributed by atoms with van der Waals surface area (Å²) in [4.78, 5) is 12.7. The molecule has 1 aliphatic heterocycles. The van der Waals surface area contributed by atoms with Crippen LogP contribution < -0.4 is 11.1 Å². The highest BCUT2D eigenvalue weighted by atomic mass is 32.2. The highest BCUT2D eigenvalue weighted by molar-refractivity contribution is 7.89. The van der Waals surface area contributed by atoms with Gasteiger partial charge in [-0.2, -0.15) is 4.31 Å². The smallest absolute Gasteiger partial charge is 0.248 e. The van der Waals surface area contributed by atoms with Gasteiger partial charge in [-0.25, -0.2) is 8.42 Å². The average Bonchev–Trinajstić information content (AvgIpc) is 2.97. The molecule has 2 aromatic rings. The highest BCUT2D eigenvalue weighted by Gasteiger charge is 2.35. The van der Waals surface area contributed by atoms with E-state index in [-0.39, 0.29) is 35.6 Å². The number of nitrogens with two attached hydrogens (primary N) is 1. The second kappa shape index (κ2) is 7.32. The Hall–Kier alpha value is -2.39. The minimum absolute atomic E-state index is 0.113. The predicted octanol–water partition coefficient (Wildman–Crippen LogP) is 2.22. The van der Waals surface area contributed by atoms with Crippen LogP contribution in [-0.4, -0.2) is 36.9 Å². The Labute approximate surface area is 158 Å². The fraction of sp³-hybridized carbons (Fsp3) is 0.444. The maximum absolute atomic E-state index is 12.9. The average molecular weight is 392 g/mol. The van der Waals surface area contributed by atoms with Crippen LogP contribution in [0.2, 0.25) is 0 Å². The second-order valence-corrected chi connectivity index (χ2v) is 8.77. The van der Waals surface area contributed by atoms with Crippen LogP contribution in [0.1, 0.15) is 29.9 Å². The number of piperidine rings is 1. The third-order valence-corrected chi connectivity index (χ3v) is 7.05. The molecule has 0 saturated carbocycles. The normalized spacial score (nSPS) is 16.4. The van der Waals surface area contributed by atoms with Crippen molar-refractivity contribution in [2.75, 3.05) is 24.1 Å². The van der Waals surface area contributed by atoms with Crippen molar-refractivity contribution in [3.63, 3.8) is 0 Å². The van der Waals surface area contributed by atoms with E-state index in [0.29, 0.717) is 29.9 Å². The largest absolute Gasteiger partial charge is 0.399 e. The summed E-state index contributed by atoms with van der Waals surface area (Å²) in [7, 11) is -3.67. The summed E-state index contributed by atoms with van der Waals surface area (Å²) >= 11 is 0. The zero-order chi connectivity index (χ0) is 19.8. The van der Waals surface area contributed by atoms with Crippen molar-refractivity contribution in [3.05, 3.63) is 35.2 Å². The van der Waals surface area contributed by atoms with E-state index in [1.165, 1.54) is 4.31 Å². The van der Waals surface area contributed by atoms with Gasteiger partial charge in [0.15, 0.2) is 5.76 Å². The van der Waals surface area contributed by atoms with Gasteiger partial charge in [-0.3, -0.25) is 4.79 Å². The van der Waals surface area contributed by atoms with Crippen molar-refractivity contribution in [1.82, 2.24) is 9.46 Å². The first kappa shape index (κ1) is 19.4. The molecule has 1 saturated heterocycles. The van der Waals surface area contributed by atoms with Crippen LogP contribution in [-0.2, 0) is 14.8 Å². The number of benzene rings is 1. The number of carbonyl (C=O) groups is 1. The number of hydrogen-bond donors (Lipinski definition) is 2. The standard InChI is InChI=1S/C18H24N4O4S/c1-11-4-5-15(19)10-16(11)20-18(23)14-6-8-22(9-7-14)27(24,25)17-12(2)21-26-13(17)3/h4-5,10,14H,6-9,19H2,1-3H3,(H,20,23). The maximum atomic E-state index is 12.9. The quantitative estimate of drug-likeness (QED) is 0.770. The van der Waals surface area contributed by atoms with Gasteiger partial charge in [0, 0.05) is 30.4 Å².